The van der Waals surface area contributed by atoms with Crippen molar-refractivity contribution >= 4 is 23.9 Å². The first-order valence-electron chi connectivity index (χ1n) is 6.55. The lowest BCUT2D eigenvalue weighted by molar-refractivity contribution is -0.124. The van der Waals surface area contributed by atoms with Gasteiger partial charge >= 0.3 is 12.1 Å². The molecule has 9 heteroatoms. The molecule has 0 spiro atoms. The third-order valence-electron chi connectivity index (χ3n) is 3.10. The number of hydrogen-bond donors (Lipinski definition) is 2. The van der Waals surface area contributed by atoms with Crippen molar-refractivity contribution in [1.29, 1.82) is 0 Å². The number of amides is 5. The normalized spacial score (nSPS) is 19.1. The van der Waals surface area contributed by atoms with Crippen molar-refractivity contribution in [2.75, 3.05) is 32.8 Å². The zero-order chi connectivity index (χ0) is 15.4. The first-order chi connectivity index (χ1) is 10.0. The molecular weight excluding hydrogens is 280 g/mol. The van der Waals surface area contributed by atoms with Crippen LogP contribution in [-0.2, 0) is 14.3 Å². The van der Waals surface area contributed by atoms with Gasteiger partial charge in [0.15, 0.2) is 0 Å². The lowest BCUT2D eigenvalue weighted by Gasteiger charge is -2.33. The van der Waals surface area contributed by atoms with Crippen molar-refractivity contribution in [3.8, 4) is 0 Å². The lowest BCUT2D eigenvalue weighted by Crippen LogP contribution is -2.52. The average Bonchev–Trinajstić information content (AvgIpc) is 2.43. The van der Waals surface area contributed by atoms with E-state index >= 15 is 0 Å². The van der Waals surface area contributed by atoms with E-state index in [1.54, 1.807) is 16.7 Å². The van der Waals surface area contributed by atoms with Crippen molar-refractivity contribution in [3.63, 3.8) is 0 Å². The van der Waals surface area contributed by atoms with Crippen LogP contribution in [0.5, 0.6) is 0 Å². The van der Waals surface area contributed by atoms with Gasteiger partial charge in [0, 0.05) is 32.4 Å². The number of hydrogen-bond acceptors (Lipinski definition) is 6. The molecular formula is C12H16N4O5. The van der Waals surface area contributed by atoms with E-state index in [1.165, 1.54) is 6.20 Å². The van der Waals surface area contributed by atoms with Gasteiger partial charge in [-0.25, -0.2) is 9.59 Å². The number of nitrogens with zero attached hydrogens (tertiary/aromatic N) is 2. The van der Waals surface area contributed by atoms with E-state index in [0.717, 1.165) is 0 Å². The van der Waals surface area contributed by atoms with Crippen LogP contribution in [0.4, 0.5) is 9.59 Å². The summed E-state index contributed by atoms with van der Waals surface area (Å²) in [6, 6.07) is -0.825. The Hall–Kier alpha value is -2.58. The Bertz CT molecular complexity index is 486. The smallest absolute Gasteiger partial charge is 0.409 e. The van der Waals surface area contributed by atoms with Gasteiger partial charge in [0.2, 0.25) is 0 Å². The maximum Gasteiger partial charge on any atom is 0.409 e. The summed E-state index contributed by atoms with van der Waals surface area (Å²) in [6.07, 6.45) is 1.03. The van der Waals surface area contributed by atoms with Gasteiger partial charge in [0.05, 0.1) is 6.61 Å². The molecule has 0 aliphatic carbocycles. The van der Waals surface area contributed by atoms with Crippen LogP contribution < -0.4 is 10.6 Å². The number of nitrogens with one attached hydrogen (secondary N) is 2. The van der Waals surface area contributed by atoms with Gasteiger partial charge in [-0.05, 0) is 6.92 Å². The summed E-state index contributed by atoms with van der Waals surface area (Å²) in [5, 5.41) is 4.01. The SMILES string of the molecule is CCOC(=O)N1CCN(C=C2C(=O)NC(=O)NC2=O)CC1. The average molecular weight is 296 g/mol. The molecule has 0 aromatic heterocycles. The molecule has 0 aromatic carbocycles. The predicted molar refractivity (Wildman–Crippen MR) is 69.9 cm³/mol. The standard InChI is InChI=1S/C12H16N4O5/c1-2-21-12(20)16-5-3-15(4-6-16)7-8-9(17)13-11(19)14-10(8)18/h7H,2-6H2,1H3,(H2,13,14,17,18,19). The van der Waals surface area contributed by atoms with Crippen LogP contribution in [-0.4, -0.2) is 66.5 Å². The summed E-state index contributed by atoms with van der Waals surface area (Å²) >= 11 is 0. The molecule has 0 atom stereocenters. The zero-order valence-electron chi connectivity index (χ0n) is 11.5. The molecule has 0 saturated carbocycles. The molecule has 9 nitrogen and oxygen atoms in total. The molecule has 0 bridgehead atoms. The van der Waals surface area contributed by atoms with Crippen LogP contribution in [0.1, 0.15) is 6.92 Å². The molecule has 2 saturated heterocycles. The predicted octanol–water partition coefficient (Wildman–Crippen LogP) is -0.990. The molecule has 0 unspecified atom stereocenters. The second-order valence-corrected chi connectivity index (χ2v) is 4.50. The van der Waals surface area contributed by atoms with Crippen molar-refractivity contribution in [1.82, 2.24) is 20.4 Å². The zero-order valence-corrected chi connectivity index (χ0v) is 11.5. The van der Waals surface area contributed by atoms with Gasteiger partial charge in [0.25, 0.3) is 11.8 Å². The van der Waals surface area contributed by atoms with E-state index in [0.29, 0.717) is 32.8 Å². The van der Waals surface area contributed by atoms with E-state index in [4.69, 9.17) is 4.74 Å². The quantitative estimate of drug-likeness (QED) is 0.500. The van der Waals surface area contributed by atoms with E-state index in [-0.39, 0.29) is 11.7 Å². The van der Waals surface area contributed by atoms with Gasteiger partial charge in [-0.2, -0.15) is 0 Å². The van der Waals surface area contributed by atoms with Crippen molar-refractivity contribution in [3.05, 3.63) is 11.8 Å². The fourth-order valence-corrected chi connectivity index (χ4v) is 2.02. The van der Waals surface area contributed by atoms with E-state index in [1.807, 2.05) is 10.6 Å². The van der Waals surface area contributed by atoms with Crippen molar-refractivity contribution in [2.24, 2.45) is 0 Å². The van der Waals surface area contributed by atoms with Crippen molar-refractivity contribution < 1.29 is 23.9 Å². The molecule has 21 heavy (non-hydrogen) atoms. The van der Waals surface area contributed by atoms with Gasteiger partial charge in [-0.15, -0.1) is 0 Å². The van der Waals surface area contributed by atoms with Crippen LogP contribution in [0.3, 0.4) is 0 Å². The first kappa shape index (κ1) is 14.8. The maximum atomic E-state index is 11.6. The number of barbiturate groups is 1. The van der Waals surface area contributed by atoms with E-state index in [9.17, 15) is 19.2 Å². The fraction of sp³-hybridized carbons (Fsp3) is 0.500. The Balaban J connectivity index is 1.95. The van der Waals surface area contributed by atoms with Gasteiger partial charge in [-0.1, -0.05) is 0 Å². The number of rotatable bonds is 2. The number of urea groups is 1. The third kappa shape index (κ3) is 3.50. The molecule has 2 rings (SSSR count). The third-order valence-corrected chi connectivity index (χ3v) is 3.10. The largest absolute Gasteiger partial charge is 0.450 e. The summed E-state index contributed by atoms with van der Waals surface area (Å²) < 4.78 is 4.90. The minimum Gasteiger partial charge on any atom is -0.450 e. The highest BCUT2D eigenvalue weighted by atomic mass is 16.6. The Morgan fingerprint density at radius 1 is 1.14 bits per heavy atom. The molecule has 2 heterocycles. The van der Waals surface area contributed by atoms with Crippen LogP contribution in [0, 0.1) is 0 Å². The van der Waals surface area contributed by atoms with Crippen LogP contribution in [0.2, 0.25) is 0 Å². The summed E-state index contributed by atoms with van der Waals surface area (Å²) in [6.45, 7) is 3.86. The molecule has 2 fully saturated rings. The van der Waals surface area contributed by atoms with Crippen molar-refractivity contribution in [2.45, 2.75) is 6.92 Å². The van der Waals surface area contributed by atoms with E-state index in [2.05, 4.69) is 0 Å². The molecule has 2 aliphatic rings. The fourth-order valence-electron chi connectivity index (χ4n) is 2.02. The van der Waals surface area contributed by atoms with Gasteiger partial charge in [-0.3, -0.25) is 20.2 Å². The summed E-state index contributed by atoms with van der Waals surface area (Å²) in [7, 11) is 0. The maximum absolute atomic E-state index is 11.6. The second kappa shape index (κ2) is 6.25. The Labute approximate surface area is 120 Å². The number of carbonyl (C=O) groups is 4. The first-order valence-corrected chi connectivity index (χ1v) is 6.55. The Morgan fingerprint density at radius 2 is 1.71 bits per heavy atom. The Morgan fingerprint density at radius 3 is 2.24 bits per heavy atom. The summed E-state index contributed by atoms with van der Waals surface area (Å²) in [5.74, 6) is -1.45. The minimum atomic E-state index is -0.825. The highest BCUT2D eigenvalue weighted by Gasteiger charge is 2.29. The number of carbonyl (C=O) groups excluding carboxylic acids is 4. The number of imide groups is 2. The van der Waals surface area contributed by atoms with Gasteiger partial charge < -0.3 is 14.5 Å². The van der Waals surface area contributed by atoms with Gasteiger partial charge in [0.1, 0.15) is 5.57 Å². The molecule has 2 aliphatic heterocycles. The highest BCUT2D eigenvalue weighted by molar-refractivity contribution is 6.28. The molecule has 2 N–H and O–H groups in total. The van der Waals surface area contributed by atoms with Crippen LogP contribution >= 0.6 is 0 Å². The molecule has 0 radical (unpaired) electrons. The molecule has 114 valence electrons. The second-order valence-electron chi connectivity index (χ2n) is 4.50. The van der Waals surface area contributed by atoms with Crippen LogP contribution in [0.15, 0.2) is 11.8 Å². The number of piperazine rings is 1. The number of ether oxygens (including phenoxy) is 1. The monoisotopic (exact) mass is 296 g/mol. The molecule has 0 aromatic rings. The van der Waals surface area contributed by atoms with E-state index < -0.39 is 17.8 Å². The summed E-state index contributed by atoms with van der Waals surface area (Å²) in [4.78, 5) is 48.9. The van der Waals surface area contributed by atoms with Crippen LogP contribution in [0.25, 0.3) is 0 Å². The topological polar surface area (TPSA) is 108 Å². The summed E-state index contributed by atoms with van der Waals surface area (Å²) in [5.41, 5.74) is -0.126. The minimum absolute atomic E-state index is 0.126. The molecule has 5 amide bonds. The Kier molecular flexibility index (Phi) is 4.41. The lowest BCUT2D eigenvalue weighted by atomic mass is 10.2. The highest BCUT2D eigenvalue weighted by Crippen LogP contribution is 2.08.